The van der Waals surface area contributed by atoms with E-state index in [2.05, 4.69) is 5.32 Å². The Morgan fingerprint density at radius 3 is 2.88 bits per heavy atom. The number of halogens is 2. The van der Waals surface area contributed by atoms with Crippen LogP contribution in [0.2, 0.25) is 0 Å². The molecule has 1 aromatic carbocycles. The lowest BCUT2D eigenvalue weighted by Gasteiger charge is -2.10. The predicted molar refractivity (Wildman–Crippen MR) is 60.9 cm³/mol. The van der Waals surface area contributed by atoms with Crippen LogP contribution >= 0.6 is 0 Å². The van der Waals surface area contributed by atoms with E-state index in [0.717, 1.165) is 0 Å². The number of nitriles is 1. The molecule has 17 heavy (non-hydrogen) atoms. The van der Waals surface area contributed by atoms with Crippen LogP contribution in [0.15, 0.2) is 18.2 Å². The van der Waals surface area contributed by atoms with Crippen molar-refractivity contribution in [3.63, 3.8) is 0 Å². The molecule has 1 rings (SSSR count). The van der Waals surface area contributed by atoms with Crippen LogP contribution in [-0.4, -0.2) is 26.2 Å². The smallest absolute Gasteiger partial charge is 0.261 e. The highest BCUT2D eigenvalue weighted by molar-refractivity contribution is 5.72. The summed E-state index contributed by atoms with van der Waals surface area (Å²) in [4.78, 5) is 0. The van der Waals surface area contributed by atoms with Crippen LogP contribution in [0.5, 0.6) is 0 Å². The molecule has 6 heteroatoms. The second-order valence-electron chi connectivity index (χ2n) is 3.27. The second-order valence-corrected chi connectivity index (χ2v) is 3.27. The molecule has 0 heterocycles. The van der Waals surface area contributed by atoms with Gasteiger partial charge in [0.15, 0.2) is 0 Å². The largest absolute Gasteiger partial charge is 0.396 e. The first-order chi connectivity index (χ1) is 8.15. The van der Waals surface area contributed by atoms with E-state index in [-0.39, 0.29) is 6.61 Å². The number of ether oxygens (including phenoxy) is 1. The first kappa shape index (κ1) is 13.2. The van der Waals surface area contributed by atoms with E-state index in [0.29, 0.717) is 23.5 Å². The van der Waals surface area contributed by atoms with Gasteiger partial charge >= 0.3 is 0 Å². The molecule has 0 saturated heterocycles. The molecule has 0 spiro atoms. The molecule has 0 aliphatic rings. The van der Waals surface area contributed by atoms with Crippen molar-refractivity contribution in [1.29, 1.82) is 5.26 Å². The minimum atomic E-state index is -2.46. The molecular formula is C11H13F2N3O. The summed E-state index contributed by atoms with van der Waals surface area (Å²) < 4.78 is 28.2. The van der Waals surface area contributed by atoms with Crippen molar-refractivity contribution in [2.75, 3.05) is 30.8 Å². The van der Waals surface area contributed by atoms with Gasteiger partial charge in [0.25, 0.3) is 6.43 Å². The molecule has 0 aromatic heterocycles. The van der Waals surface area contributed by atoms with Crippen LogP contribution in [-0.2, 0) is 4.74 Å². The Bertz CT molecular complexity index is 404. The molecule has 0 aliphatic heterocycles. The number of hydrogen-bond acceptors (Lipinski definition) is 4. The fourth-order valence-corrected chi connectivity index (χ4v) is 1.25. The monoisotopic (exact) mass is 241 g/mol. The molecule has 0 atom stereocenters. The van der Waals surface area contributed by atoms with Gasteiger partial charge in [-0.1, -0.05) is 6.07 Å². The van der Waals surface area contributed by atoms with Gasteiger partial charge in [0.05, 0.1) is 23.5 Å². The van der Waals surface area contributed by atoms with E-state index < -0.39 is 13.0 Å². The van der Waals surface area contributed by atoms with E-state index in [1.165, 1.54) is 0 Å². The number of benzene rings is 1. The Hall–Kier alpha value is -1.87. The summed E-state index contributed by atoms with van der Waals surface area (Å²) in [6, 6.07) is 6.97. The van der Waals surface area contributed by atoms with Crippen molar-refractivity contribution in [3.8, 4) is 6.07 Å². The van der Waals surface area contributed by atoms with Crippen LogP contribution in [0, 0.1) is 11.3 Å². The standard InChI is InChI=1S/C11H13F2N3O/c12-10(13)7-17-5-4-16-9-3-1-2-8(6-14)11(9)15/h1-3,10,16H,4-5,7,15H2. The van der Waals surface area contributed by atoms with E-state index >= 15 is 0 Å². The van der Waals surface area contributed by atoms with Gasteiger partial charge in [0.1, 0.15) is 12.7 Å². The van der Waals surface area contributed by atoms with Gasteiger partial charge in [0, 0.05) is 6.54 Å². The van der Waals surface area contributed by atoms with E-state index in [1.807, 2.05) is 6.07 Å². The number of nitrogens with zero attached hydrogens (tertiary/aromatic N) is 1. The highest BCUT2D eigenvalue weighted by atomic mass is 19.3. The Labute approximate surface area is 98.0 Å². The molecule has 1 aromatic rings. The minimum Gasteiger partial charge on any atom is -0.396 e. The Balaban J connectivity index is 2.40. The Morgan fingerprint density at radius 2 is 2.24 bits per heavy atom. The number of nitrogen functional groups attached to an aromatic ring is 1. The molecule has 92 valence electrons. The molecule has 0 radical (unpaired) electrons. The predicted octanol–water partition coefficient (Wildman–Crippen LogP) is 1.83. The van der Waals surface area contributed by atoms with Crippen LogP contribution in [0.3, 0.4) is 0 Å². The quantitative estimate of drug-likeness (QED) is 0.588. The molecule has 0 fully saturated rings. The molecule has 4 nitrogen and oxygen atoms in total. The number of anilines is 2. The van der Waals surface area contributed by atoms with Crippen molar-refractivity contribution in [2.45, 2.75) is 6.43 Å². The van der Waals surface area contributed by atoms with Crippen molar-refractivity contribution < 1.29 is 13.5 Å². The Kier molecular flexibility index (Phi) is 5.17. The Morgan fingerprint density at radius 1 is 1.47 bits per heavy atom. The summed E-state index contributed by atoms with van der Waals surface area (Å²) in [6.45, 7) is -0.0677. The first-order valence-corrected chi connectivity index (χ1v) is 5.03. The van der Waals surface area contributed by atoms with Gasteiger partial charge in [-0.2, -0.15) is 5.26 Å². The van der Waals surface area contributed by atoms with Crippen LogP contribution in [0.4, 0.5) is 20.2 Å². The van der Waals surface area contributed by atoms with E-state index in [1.54, 1.807) is 18.2 Å². The third kappa shape index (κ3) is 4.25. The van der Waals surface area contributed by atoms with Gasteiger partial charge in [-0.3, -0.25) is 0 Å². The van der Waals surface area contributed by atoms with Crippen molar-refractivity contribution in [3.05, 3.63) is 23.8 Å². The highest BCUT2D eigenvalue weighted by Crippen LogP contribution is 2.21. The SMILES string of the molecule is N#Cc1cccc(NCCOCC(F)F)c1N. The normalized spacial score (nSPS) is 10.2. The van der Waals surface area contributed by atoms with Crippen molar-refractivity contribution in [1.82, 2.24) is 0 Å². The summed E-state index contributed by atoms with van der Waals surface area (Å²) in [5.41, 5.74) is 7.04. The molecule has 3 N–H and O–H groups in total. The molecular weight excluding hydrogens is 228 g/mol. The highest BCUT2D eigenvalue weighted by Gasteiger charge is 2.04. The second kappa shape index (κ2) is 6.66. The van der Waals surface area contributed by atoms with Crippen molar-refractivity contribution >= 4 is 11.4 Å². The number of hydrogen-bond donors (Lipinski definition) is 2. The number of para-hydroxylation sites is 1. The zero-order valence-corrected chi connectivity index (χ0v) is 9.12. The topological polar surface area (TPSA) is 71.1 Å². The summed E-state index contributed by atoms with van der Waals surface area (Å²) in [5.74, 6) is 0. The maximum Gasteiger partial charge on any atom is 0.261 e. The number of nitrogens with two attached hydrogens (primary N) is 1. The summed E-state index contributed by atoms with van der Waals surface area (Å²) >= 11 is 0. The third-order valence-electron chi connectivity index (χ3n) is 2.03. The lowest BCUT2D eigenvalue weighted by Crippen LogP contribution is -2.14. The van der Waals surface area contributed by atoms with Crippen LogP contribution in [0.1, 0.15) is 5.56 Å². The fraction of sp³-hybridized carbons (Fsp3) is 0.364. The number of nitrogens with one attached hydrogen (secondary N) is 1. The summed E-state index contributed by atoms with van der Waals surface area (Å²) in [5, 5.41) is 11.7. The van der Waals surface area contributed by atoms with Gasteiger partial charge in [-0.25, -0.2) is 8.78 Å². The zero-order chi connectivity index (χ0) is 12.7. The lowest BCUT2D eigenvalue weighted by atomic mass is 10.1. The fourth-order valence-electron chi connectivity index (χ4n) is 1.25. The van der Waals surface area contributed by atoms with Gasteiger partial charge in [-0.05, 0) is 12.1 Å². The maximum atomic E-state index is 11.7. The summed E-state index contributed by atoms with van der Waals surface area (Å²) in [7, 11) is 0. The van der Waals surface area contributed by atoms with Gasteiger partial charge < -0.3 is 15.8 Å². The molecule has 0 aliphatic carbocycles. The van der Waals surface area contributed by atoms with Crippen molar-refractivity contribution in [2.24, 2.45) is 0 Å². The van der Waals surface area contributed by atoms with Crippen LogP contribution < -0.4 is 11.1 Å². The first-order valence-electron chi connectivity index (χ1n) is 5.03. The minimum absolute atomic E-state index is 0.153. The molecule has 0 unspecified atom stereocenters. The molecule has 0 saturated carbocycles. The number of alkyl halides is 2. The van der Waals surface area contributed by atoms with E-state index in [9.17, 15) is 8.78 Å². The average molecular weight is 241 g/mol. The molecule has 0 bridgehead atoms. The third-order valence-corrected chi connectivity index (χ3v) is 2.03. The van der Waals surface area contributed by atoms with Gasteiger partial charge in [0.2, 0.25) is 0 Å². The van der Waals surface area contributed by atoms with Crippen LogP contribution in [0.25, 0.3) is 0 Å². The lowest BCUT2D eigenvalue weighted by molar-refractivity contribution is 0.0215. The summed E-state index contributed by atoms with van der Waals surface area (Å²) in [6.07, 6.45) is -2.46. The number of rotatable bonds is 6. The maximum absolute atomic E-state index is 11.7. The van der Waals surface area contributed by atoms with Gasteiger partial charge in [-0.15, -0.1) is 0 Å². The average Bonchev–Trinajstić information content (AvgIpc) is 2.30. The molecule has 0 amide bonds. The van der Waals surface area contributed by atoms with E-state index in [4.69, 9.17) is 15.7 Å². The zero-order valence-electron chi connectivity index (χ0n) is 9.12.